The summed E-state index contributed by atoms with van der Waals surface area (Å²) in [6.07, 6.45) is 0. The number of hydrogen-bond donors (Lipinski definition) is 1. The summed E-state index contributed by atoms with van der Waals surface area (Å²) in [5.74, 6) is 2.21. The Morgan fingerprint density at radius 2 is 1.67 bits per heavy atom. The molecule has 5 rings (SSSR count). The molecule has 0 saturated heterocycles. The third-order valence-corrected chi connectivity index (χ3v) is 6.19. The Labute approximate surface area is 209 Å². The van der Waals surface area contributed by atoms with Crippen molar-refractivity contribution in [3.63, 3.8) is 0 Å². The summed E-state index contributed by atoms with van der Waals surface area (Å²) in [6, 6.07) is 24.2. The van der Waals surface area contributed by atoms with E-state index in [0.29, 0.717) is 24.0 Å². The van der Waals surface area contributed by atoms with Crippen LogP contribution in [-0.2, 0) is 6.54 Å². The SMILES string of the molecule is COc1cccc(CN2C(=O)NC(c3ccccc3)C(c3nc(-c4cccc(OC)c4)no3)=C2C)c1. The first kappa shape index (κ1) is 23.2. The normalized spacial score (nSPS) is 15.6. The Morgan fingerprint density at radius 3 is 2.42 bits per heavy atom. The summed E-state index contributed by atoms with van der Waals surface area (Å²) in [7, 11) is 3.23. The molecule has 2 heterocycles. The molecule has 0 fully saturated rings. The second-order valence-corrected chi connectivity index (χ2v) is 8.39. The zero-order valence-corrected chi connectivity index (χ0v) is 20.3. The van der Waals surface area contributed by atoms with Crippen LogP contribution in [0.1, 0.15) is 30.0 Å². The molecule has 1 aromatic heterocycles. The fourth-order valence-corrected chi connectivity index (χ4v) is 4.31. The molecule has 1 atom stereocenters. The highest BCUT2D eigenvalue weighted by molar-refractivity contribution is 5.86. The molecule has 8 heteroatoms. The Bertz CT molecular complexity index is 1410. The molecule has 1 N–H and O–H groups in total. The van der Waals surface area contributed by atoms with Gasteiger partial charge < -0.3 is 19.3 Å². The number of carbonyl (C=O) groups is 1. The van der Waals surface area contributed by atoms with Crippen molar-refractivity contribution in [1.82, 2.24) is 20.4 Å². The highest BCUT2D eigenvalue weighted by Gasteiger charge is 2.35. The fourth-order valence-electron chi connectivity index (χ4n) is 4.31. The van der Waals surface area contributed by atoms with E-state index in [0.717, 1.165) is 33.7 Å². The monoisotopic (exact) mass is 482 g/mol. The van der Waals surface area contributed by atoms with Crippen molar-refractivity contribution in [2.24, 2.45) is 0 Å². The summed E-state index contributed by atoms with van der Waals surface area (Å²) < 4.78 is 16.4. The maximum atomic E-state index is 13.3. The highest BCUT2D eigenvalue weighted by atomic mass is 16.5. The number of rotatable bonds is 7. The number of amides is 2. The maximum absolute atomic E-state index is 13.3. The number of aromatic nitrogens is 2. The van der Waals surface area contributed by atoms with Crippen LogP contribution >= 0.6 is 0 Å². The number of methoxy groups -OCH3 is 2. The van der Waals surface area contributed by atoms with Crippen LogP contribution in [0.4, 0.5) is 4.79 Å². The first-order valence-electron chi connectivity index (χ1n) is 11.5. The van der Waals surface area contributed by atoms with E-state index in [1.54, 1.807) is 19.1 Å². The Morgan fingerprint density at radius 1 is 0.944 bits per heavy atom. The molecular weight excluding hydrogens is 456 g/mol. The van der Waals surface area contributed by atoms with Crippen LogP contribution in [0, 0.1) is 0 Å². The van der Waals surface area contributed by atoms with Gasteiger partial charge in [0, 0.05) is 11.3 Å². The minimum atomic E-state index is -0.445. The predicted molar refractivity (Wildman–Crippen MR) is 135 cm³/mol. The van der Waals surface area contributed by atoms with Crippen LogP contribution in [0.2, 0.25) is 0 Å². The number of urea groups is 1. The quantitative estimate of drug-likeness (QED) is 0.377. The van der Waals surface area contributed by atoms with E-state index in [1.807, 2.05) is 85.8 Å². The van der Waals surface area contributed by atoms with Crippen molar-refractivity contribution in [1.29, 1.82) is 0 Å². The molecule has 182 valence electrons. The first-order chi connectivity index (χ1) is 17.6. The summed E-state index contributed by atoms with van der Waals surface area (Å²) in [6.45, 7) is 2.26. The third kappa shape index (κ3) is 4.53. The van der Waals surface area contributed by atoms with Gasteiger partial charge in [0.2, 0.25) is 5.82 Å². The van der Waals surface area contributed by atoms with Crippen molar-refractivity contribution in [3.05, 3.63) is 102 Å². The van der Waals surface area contributed by atoms with Crippen LogP contribution in [-0.4, -0.2) is 35.3 Å². The lowest BCUT2D eigenvalue weighted by Gasteiger charge is -2.35. The van der Waals surface area contributed by atoms with Crippen LogP contribution in [0.5, 0.6) is 11.5 Å². The predicted octanol–water partition coefficient (Wildman–Crippen LogP) is 5.45. The molecule has 0 radical (unpaired) electrons. The molecule has 8 nitrogen and oxygen atoms in total. The van der Waals surface area contributed by atoms with Crippen molar-refractivity contribution in [3.8, 4) is 22.9 Å². The number of carbonyl (C=O) groups excluding carboxylic acids is 1. The van der Waals surface area contributed by atoms with Crippen LogP contribution in [0.15, 0.2) is 89.1 Å². The number of hydrogen-bond acceptors (Lipinski definition) is 6. The molecule has 1 aliphatic rings. The van der Waals surface area contributed by atoms with Gasteiger partial charge in [-0.1, -0.05) is 59.8 Å². The van der Waals surface area contributed by atoms with E-state index in [1.165, 1.54) is 0 Å². The third-order valence-electron chi connectivity index (χ3n) is 6.19. The van der Waals surface area contributed by atoms with Gasteiger partial charge in [0.1, 0.15) is 11.5 Å². The molecule has 3 aromatic carbocycles. The van der Waals surface area contributed by atoms with Crippen molar-refractivity contribution < 1.29 is 18.8 Å². The molecule has 4 aromatic rings. The average Bonchev–Trinajstić information content (AvgIpc) is 3.41. The lowest BCUT2D eigenvalue weighted by atomic mass is 9.94. The number of benzene rings is 3. The summed E-state index contributed by atoms with van der Waals surface area (Å²) in [5.41, 5.74) is 4.10. The molecule has 1 aliphatic heterocycles. The second kappa shape index (κ2) is 9.95. The van der Waals surface area contributed by atoms with Gasteiger partial charge >= 0.3 is 6.03 Å². The Hall–Kier alpha value is -4.59. The van der Waals surface area contributed by atoms with E-state index in [-0.39, 0.29) is 6.03 Å². The fraction of sp³-hybridized carbons (Fsp3) is 0.179. The van der Waals surface area contributed by atoms with Crippen molar-refractivity contribution in [2.75, 3.05) is 14.2 Å². The molecule has 0 saturated carbocycles. The van der Waals surface area contributed by atoms with Gasteiger partial charge in [-0.05, 0) is 42.3 Å². The van der Waals surface area contributed by atoms with Crippen LogP contribution in [0.3, 0.4) is 0 Å². The van der Waals surface area contributed by atoms with E-state index in [4.69, 9.17) is 19.0 Å². The summed E-state index contributed by atoms with van der Waals surface area (Å²) in [4.78, 5) is 19.7. The second-order valence-electron chi connectivity index (χ2n) is 8.39. The van der Waals surface area contributed by atoms with Crippen molar-refractivity contribution >= 4 is 11.6 Å². The highest BCUT2D eigenvalue weighted by Crippen LogP contribution is 2.38. The largest absolute Gasteiger partial charge is 0.497 e. The van der Waals surface area contributed by atoms with Crippen molar-refractivity contribution in [2.45, 2.75) is 19.5 Å². The van der Waals surface area contributed by atoms with Gasteiger partial charge in [0.05, 0.1) is 32.4 Å². The van der Waals surface area contributed by atoms with E-state index >= 15 is 0 Å². The standard InChI is InChI=1S/C28H26N4O4/c1-18-24(27-30-26(31-36-27)21-12-8-14-23(16-21)35-3)25(20-10-5-4-6-11-20)29-28(33)32(18)17-19-9-7-13-22(15-19)34-2/h4-16,25H,17H2,1-3H3,(H,29,33). The molecule has 2 amide bonds. The molecule has 0 aliphatic carbocycles. The van der Waals surface area contributed by atoms with E-state index in [2.05, 4.69) is 10.5 Å². The lowest BCUT2D eigenvalue weighted by Crippen LogP contribution is -2.45. The van der Waals surface area contributed by atoms with Gasteiger partial charge in [-0.15, -0.1) is 0 Å². The van der Waals surface area contributed by atoms with Gasteiger partial charge in [0.25, 0.3) is 5.89 Å². The topological polar surface area (TPSA) is 89.7 Å². The zero-order valence-electron chi connectivity index (χ0n) is 20.3. The van der Waals surface area contributed by atoms with Gasteiger partial charge in [-0.2, -0.15) is 4.98 Å². The first-order valence-corrected chi connectivity index (χ1v) is 11.5. The minimum Gasteiger partial charge on any atom is -0.497 e. The minimum absolute atomic E-state index is 0.208. The van der Waals surface area contributed by atoms with Gasteiger partial charge in [0.15, 0.2) is 0 Å². The summed E-state index contributed by atoms with van der Waals surface area (Å²) >= 11 is 0. The molecule has 1 unspecified atom stereocenters. The van der Waals surface area contributed by atoms with E-state index < -0.39 is 6.04 Å². The van der Waals surface area contributed by atoms with Crippen LogP contribution < -0.4 is 14.8 Å². The number of nitrogens with one attached hydrogen (secondary N) is 1. The maximum Gasteiger partial charge on any atom is 0.322 e. The molecule has 36 heavy (non-hydrogen) atoms. The molecular formula is C28H26N4O4. The smallest absolute Gasteiger partial charge is 0.322 e. The Balaban J connectivity index is 1.58. The zero-order chi connectivity index (χ0) is 25.1. The van der Waals surface area contributed by atoms with E-state index in [9.17, 15) is 4.79 Å². The molecule has 0 spiro atoms. The van der Waals surface area contributed by atoms with Crippen LogP contribution in [0.25, 0.3) is 17.0 Å². The number of allylic oxidation sites excluding steroid dienone is 1. The molecule has 0 bridgehead atoms. The average molecular weight is 483 g/mol. The van der Waals surface area contributed by atoms with Gasteiger partial charge in [-0.3, -0.25) is 4.90 Å². The van der Waals surface area contributed by atoms with Gasteiger partial charge in [-0.25, -0.2) is 4.79 Å². The summed E-state index contributed by atoms with van der Waals surface area (Å²) in [5, 5.41) is 7.35. The Kier molecular flexibility index (Phi) is 6.40. The number of nitrogens with zero attached hydrogens (tertiary/aromatic N) is 3. The number of ether oxygens (including phenoxy) is 2. The lowest BCUT2D eigenvalue weighted by molar-refractivity contribution is 0.203.